The lowest BCUT2D eigenvalue weighted by Gasteiger charge is -1.94. The van der Waals surface area contributed by atoms with E-state index in [-0.39, 0.29) is 0 Å². The van der Waals surface area contributed by atoms with Gasteiger partial charge in [-0.3, -0.25) is 0 Å². The summed E-state index contributed by atoms with van der Waals surface area (Å²) in [6.07, 6.45) is 7.16. The SMILES string of the molecule is SSc1cn2cncc2cn1. The molecule has 0 unspecified atom stereocenters. The smallest absolute Gasteiger partial charge is 0.123 e. The van der Waals surface area contributed by atoms with Gasteiger partial charge in [0.25, 0.3) is 0 Å². The number of thiol groups is 1. The third kappa shape index (κ3) is 1.21. The molecular formula is C6H5N3S2. The summed E-state index contributed by atoms with van der Waals surface area (Å²) < 4.78 is 1.91. The van der Waals surface area contributed by atoms with Crippen molar-refractivity contribution in [3.8, 4) is 0 Å². The summed E-state index contributed by atoms with van der Waals surface area (Å²) in [6.45, 7) is 0. The van der Waals surface area contributed by atoms with Gasteiger partial charge in [-0.1, -0.05) is 0 Å². The summed E-state index contributed by atoms with van der Waals surface area (Å²) in [5.74, 6) is 0. The zero-order valence-corrected chi connectivity index (χ0v) is 7.22. The van der Waals surface area contributed by atoms with Crippen LogP contribution in [0.1, 0.15) is 0 Å². The van der Waals surface area contributed by atoms with Crippen molar-refractivity contribution < 1.29 is 0 Å². The third-order valence-electron chi connectivity index (χ3n) is 1.36. The zero-order valence-electron chi connectivity index (χ0n) is 5.51. The van der Waals surface area contributed by atoms with Crippen LogP contribution in [0, 0.1) is 0 Å². The van der Waals surface area contributed by atoms with Crippen molar-refractivity contribution in [2.45, 2.75) is 5.03 Å². The Hall–Kier alpha value is -0.680. The maximum atomic E-state index is 4.12. The van der Waals surface area contributed by atoms with Crippen molar-refractivity contribution in [3.63, 3.8) is 0 Å². The number of rotatable bonds is 1. The van der Waals surface area contributed by atoms with Crippen LogP contribution in [-0.2, 0) is 0 Å². The van der Waals surface area contributed by atoms with Gasteiger partial charge in [0.15, 0.2) is 0 Å². The van der Waals surface area contributed by atoms with Crippen molar-refractivity contribution in [1.29, 1.82) is 0 Å². The standard InChI is InChI=1S/C6H5N3S2/c10-11-6-3-9-4-7-1-5(9)2-8-6/h1-4,10H. The van der Waals surface area contributed by atoms with Crippen LogP contribution >= 0.6 is 22.5 Å². The molecule has 0 fully saturated rings. The maximum Gasteiger partial charge on any atom is 0.123 e. The summed E-state index contributed by atoms with van der Waals surface area (Å²) in [5, 5.41) is 0.874. The number of nitrogens with zero attached hydrogens (tertiary/aromatic N) is 3. The van der Waals surface area contributed by atoms with Gasteiger partial charge in [0.1, 0.15) is 5.03 Å². The van der Waals surface area contributed by atoms with E-state index in [0.717, 1.165) is 10.5 Å². The molecule has 0 N–H and O–H groups in total. The summed E-state index contributed by atoms with van der Waals surface area (Å²) in [6, 6.07) is 0. The van der Waals surface area contributed by atoms with Gasteiger partial charge in [0, 0.05) is 6.20 Å². The van der Waals surface area contributed by atoms with Gasteiger partial charge >= 0.3 is 0 Å². The lowest BCUT2D eigenvalue weighted by atomic mass is 10.6. The Kier molecular flexibility index (Phi) is 1.75. The van der Waals surface area contributed by atoms with E-state index in [1.165, 1.54) is 10.8 Å². The van der Waals surface area contributed by atoms with Gasteiger partial charge in [-0.25, -0.2) is 9.97 Å². The lowest BCUT2D eigenvalue weighted by Crippen LogP contribution is -1.84. The molecule has 0 amide bonds. The number of aromatic nitrogens is 3. The summed E-state index contributed by atoms with van der Waals surface area (Å²) in [7, 11) is 1.32. The fourth-order valence-electron chi connectivity index (χ4n) is 0.852. The van der Waals surface area contributed by atoms with Gasteiger partial charge < -0.3 is 4.40 Å². The van der Waals surface area contributed by atoms with Gasteiger partial charge in [-0.15, -0.1) is 11.7 Å². The minimum atomic E-state index is 0.874. The highest BCUT2D eigenvalue weighted by Crippen LogP contribution is 2.18. The van der Waals surface area contributed by atoms with Crippen LogP contribution in [0.5, 0.6) is 0 Å². The first-order valence-electron chi connectivity index (χ1n) is 2.99. The first-order valence-corrected chi connectivity index (χ1v) is 4.86. The molecule has 0 radical (unpaired) electrons. The quantitative estimate of drug-likeness (QED) is 0.539. The summed E-state index contributed by atoms with van der Waals surface area (Å²) in [4.78, 5) is 8.09. The second-order valence-corrected chi connectivity index (χ2v) is 3.19. The van der Waals surface area contributed by atoms with E-state index in [1.807, 2.05) is 10.6 Å². The van der Waals surface area contributed by atoms with Crippen LogP contribution in [0.4, 0.5) is 0 Å². The average Bonchev–Trinajstić information content (AvgIpc) is 2.50. The lowest BCUT2D eigenvalue weighted by molar-refractivity contribution is 1.02. The van der Waals surface area contributed by atoms with E-state index < -0.39 is 0 Å². The topological polar surface area (TPSA) is 30.2 Å². The van der Waals surface area contributed by atoms with Crippen LogP contribution in [0.15, 0.2) is 29.9 Å². The predicted octanol–water partition coefficient (Wildman–Crippen LogP) is 1.67. The second kappa shape index (κ2) is 2.75. The van der Waals surface area contributed by atoms with Gasteiger partial charge in [-0.2, -0.15) is 0 Å². The molecule has 0 spiro atoms. The monoisotopic (exact) mass is 183 g/mol. The van der Waals surface area contributed by atoms with Crippen molar-refractivity contribution in [3.05, 3.63) is 24.9 Å². The van der Waals surface area contributed by atoms with Gasteiger partial charge in [0.05, 0.1) is 24.2 Å². The highest BCUT2D eigenvalue weighted by molar-refractivity contribution is 8.68. The fraction of sp³-hybridized carbons (Fsp3) is 0. The number of imidazole rings is 1. The molecule has 0 atom stereocenters. The molecule has 0 saturated heterocycles. The second-order valence-electron chi connectivity index (χ2n) is 2.04. The highest BCUT2D eigenvalue weighted by Gasteiger charge is 1.94. The third-order valence-corrected chi connectivity index (χ3v) is 2.32. The van der Waals surface area contributed by atoms with Crippen LogP contribution < -0.4 is 0 Å². The Labute approximate surface area is 72.7 Å². The van der Waals surface area contributed by atoms with Crippen molar-refractivity contribution >= 4 is 28.0 Å². The summed E-state index contributed by atoms with van der Waals surface area (Å²) in [5.41, 5.74) is 0.996. The van der Waals surface area contributed by atoms with Crippen molar-refractivity contribution in [2.75, 3.05) is 0 Å². The molecule has 2 rings (SSSR count). The Morgan fingerprint density at radius 2 is 2.36 bits per heavy atom. The first kappa shape index (κ1) is 7.00. The fourth-order valence-corrected chi connectivity index (χ4v) is 1.40. The van der Waals surface area contributed by atoms with E-state index in [1.54, 1.807) is 18.7 Å². The molecular weight excluding hydrogens is 178 g/mol. The Morgan fingerprint density at radius 1 is 1.45 bits per heavy atom. The minimum Gasteiger partial charge on any atom is -0.302 e. The molecule has 0 aliphatic carbocycles. The molecule has 0 saturated carbocycles. The van der Waals surface area contributed by atoms with Crippen LogP contribution in [0.25, 0.3) is 5.52 Å². The minimum absolute atomic E-state index is 0.874. The molecule has 0 bridgehead atoms. The highest BCUT2D eigenvalue weighted by atomic mass is 33.1. The van der Waals surface area contributed by atoms with E-state index >= 15 is 0 Å². The number of hydrogen-bond acceptors (Lipinski definition) is 4. The first-order chi connectivity index (χ1) is 5.40. The molecule has 0 aliphatic heterocycles. The molecule has 11 heavy (non-hydrogen) atoms. The normalized spacial score (nSPS) is 10.6. The number of hydrogen-bond donors (Lipinski definition) is 1. The summed E-state index contributed by atoms with van der Waals surface area (Å²) >= 11 is 4.04. The molecule has 2 aromatic heterocycles. The zero-order chi connectivity index (χ0) is 7.68. The maximum absolute atomic E-state index is 4.12. The predicted molar refractivity (Wildman–Crippen MR) is 47.8 cm³/mol. The Balaban J connectivity index is 2.67. The molecule has 5 heteroatoms. The molecule has 2 heterocycles. The molecule has 56 valence electrons. The largest absolute Gasteiger partial charge is 0.302 e. The van der Waals surface area contributed by atoms with E-state index in [9.17, 15) is 0 Å². The van der Waals surface area contributed by atoms with E-state index in [4.69, 9.17) is 0 Å². The Morgan fingerprint density at radius 3 is 3.18 bits per heavy atom. The van der Waals surface area contributed by atoms with Crippen molar-refractivity contribution in [2.24, 2.45) is 0 Å². The van der Waals surface area contributed by atoms with E-state index in [0.29, 0.717) is 0 Å². The Bertz CT molecular complexity index is 371. The molecule has 2 aromatic rings. The number of fused-ring (bicyclic) bond motifs is 1. The van der Waals surface area contributed by atoms with Gasteiger partial charge in [0.2, 0.25) is 0 Å². The van der Waals surface area contributed by atoms with Gasteiger partial charge in [-0.05, 0) is 10.8 Å². The molecule has 0 aliphatic rings. The van der Waals surface area contributed by atoms with Crippen LogP contribution in [-0.4, -0.2) is 14.4 Å². The average molecular weight is 183 g/mol. The molecule has 3 nitrogen and oxygen atoms in total. The van der Waals surface area contributed by atoms with Crippen LogP contribution in [0.3, 0.4) is 0 Å². The molecule has 0 aromatic carbocycles. The van der Waals surface area contributed by atoms with Crippen LogP contribution in [0.2, 0.25) is 0 Å². The van der Waals surface area contributed by atoms with E-state index in [2.05, 4.69) is 21.6 Å². The van der Waals surface area contributed by atoms with Crippen molar-refractivity contribution in [1.82, 2.24) is 14.4 Å².